The zero-order valence-corrected chi connectivity index (χ0v) is 11.4. The van der Waals surface area contributed by atoms with Crippen LogP contribution in [-0.4, -0.2) is 6.04 Å². The summed E-state index contributed by atoms with van der Waals surface area (Å²) in [6.45, 7) is 1.24. The summed E-state index contributed by atoms with van der Waals surface area (Å²) in [5, 5.41) is 0.765. The monoisotopic (exact) mass is 276 g/mol. The zero-order valence-electron chi connectivity index (χ0n) is 10.7. The van der Waals surface area contributed by atoms with E-state index in [1.54, 1.807) is 6.26 Å². The minimum Gasteiger partial charge on any atom is -0.467 e. The predicted molar refractivity (Wildman–Crippen MR) is 77.3 cm³/mol. The highest BCUT2D eigenvalue weighted by Gasteiger charge is 2.32. The molecule has 0 amide bonds. The molecule has 1 fully saturated rings. The van der Waals surface area contributed by atoms with Gasteiger partial charge in [-0.25, -0.2) is 0 Å². The van der Waals surface area contributed by atoms with Crippen LogP contribution in [0.3, 0.4) is 0 Å². The summed E-state index contributed by atoms with van der Waals surface area (Å²) in [7, 11) is 0. The number of benzene rings is 1. The Hall–Kier alpha value is -1.45. The van der Waals surface area contributed by atoms with Crippen molar-refractivity contribution in [3.8, 4) is 0 Å². The Labute approximate surface area is 118 Å². The third-order valence-corrected chi connectivity index (χ3v) is 3.78. The summed E-state index contributed by atoms with van der Waals surface area (Å²) in [4.78, 5) is 2.32. The van der Waals surface area contributed by atoms with Crippen molar-refractivity contribution in [3.63, 3.8) is 0 Å². The van der Waals surface area contributed by atoms with Gasteiger partial charge in [-0.3, -0.25) is 0 Å². The molecule has 0 saturated heterocycles. The van der Waals surface area contributed by atoms with Crippen LogP contribution in [0.4, 0.5) is 5.69 Å². The van der Waals surface area contributed by atoms with Gasteiger partial charge in [-0.1, -0.05) is 23.7 Å². The van der Waals surface area contributed by atoms with Gasteiger partial charge in [0, 0.05) is 12.6 Å². The Morgan fingerprint density at radius 2 is 2.11 bits per heavy atom. The maximum absolute atomic E-state index is 6.39. The maximum atomic E-state index is 6.39. The van der Waals surface area contributed by atoms with Crippen LogP contribution < -0.4 is 10.6 Å². The molecule has 1 aromatic carbocycles. The summed E-state index contributed by atoms with van der Waals surface area (Å²) in [6.07, 6.45) is 4.11. The van der Waals surface area contributed by atoms with E-state index in [1.165, 1.54) is 12.8 Å². The number of anilines is 1. The number of para-hydroxylation sites is 1. The van der Waals surface area contributed by atoms with Gasteiger partial charge < -0.3 is 15.1 Å². The molecule has 1 aromatic heterocycles. The van der Waals surface area contributed by atoms with Crippen molar-refractivity contribution in [2.75, 3.05) is 4.90 Å². The van der Waals surface area contributed by atoms with Crippen molar-refractivity contribution < 1.29 is 4.42 Å². The largest absolute Gasteiger partial charge is 0.467 e. The number of rotatable bonds is 5. The van der Waals surface area contributed by atoms with E-state index >= 15 is 0 Å². The van der Waals surface area contributed by atoms with Gasteiger partial charge in [-0.15, -0.1) is 0 Å². The second kappa shape index (κ2) is 5.27. The first kappa shape index (κ1) is 12.6. The Balaban J connectivity index is 1.96. The topological polar surface area (TPSA) is 42.4 Å². The third-order valence-electron chi connectivity index (χ3n) is 3.47. The Kier molecular flexibility index (Phi) is 3.49. The van der Waals surface area contributed by atoms with E-state index in [-0.39, 0.29) is 0 Å². The molecule has 4 heteroatoms. The lowest BCUT2D eigenvalue weighted by Crippen LogP contribution is -2.26. The smallest absolute Gasteiger partial charge is 0.123 e. The summed E-state index contributed by atoms with van der Waals surface area (Å²) in [5.74, 6) is 0.954. The van der Waals surface area contributed by atoms with Gasteiger partial charge in [0.25, 0.3) is 0 Å². The minimum absolute atomic E-state index is 0.497. The normalized spacial score (nSPS) is 14.6. The fourth-order valence-electron chi connectivity index (χ4n) is 2.39. The summed E-state index contributed by atoms with van der Waals surface area (Å²) < 4.78 is 5.46. The van der Waals surface area contributed by atoms with E-state index < -0.39 is 0 Å². The lowest BCUT2D eigenvalue weighted by Gasteiger charge is -2.27. The molecule has 1 aliphatic carbocycles. The predicted octanol–water partition coefficient (Wildman–Crippen LogP) is 3.56. The first-order chi connectivity index (χ1) is 9.29. The van der Waals surface area contributed by atoms with Crippen molar-refractivity contribution in [2.45, 2.75) is 32.0 Å². The van der Waals surface area contributed by atoms with E-state index in [9.17, 15) is 0 Å². The SMILES string of the molecule is NCc1cccc(Cl)c1N(Cc1ccco1)C1CC1. The molecule has 0 radical (unpaired) electrons. The number of halogens is 1. The number of furan rings is 1. The highest BCUT2D eigenvalue weighted by Crippen LogP contribution is 2.39. The van der Waals surface area contributed by atoms with Gasteiger partial charge in [0.2, 0.25) is 0 Å². The van der Waals surface area contributed by atoms with Gasteiger partial charge in [-0.05, 0) is 36.6 Å². The van der Waals surface area contributed by atoms with Crippen LogP contribution in [0.1, 0.15) is 24.2 Å². The van der Waals surface area contributed by atoms with Gasteiger partial charge >= 0.3 is 0 Å². The Morgan fingerprint density at radius 3 is 2.74 bits per heavy atom. The van der Waals surface area contributed by atoms with Crippen molar-refractivity contribution in [1.82, 2.24) is 0 Å². The van der Waals surface area contributed by atoms with Gasteiger partial charge in [-0.2, -0.15) is 0 Å². The van der Waals surface area contributed by atoms with Gasteiger partial charge in [0.1, 0.15) is 5.76 Å². The van der Waals surface area contributed by atoms with Crippen LogP contribution in [0.15, 0.2) is 41.0 Å². The van der Waals surface area contributed by atoms with Gasteiger partial charge in [0.15, 0.2) is 0 Å². The molecule has 1 saturated carbocycles. The number of hydrogen-bond acceptors (Lipinski definition) is 3. The molecule has 1 aliphatic rings. The highest BCUT2D eigenvalue weighted by atomic mass is 35.5. The van der Waals surface area contributed by atoms with Crippen molar-refractivity contribution >= 4 is 17.3 Å². The molecule has 2 N–H and O–H groups in total. The van der Waals surface area contributed by atoms with Crippen LogP contribution in [0.5, 0.6) is 0 Å². The van der Waals surface area contributed by atoms with Crippen LogP contribution in [-0.2, 0) is 13.1 Å². The summed E-state index contributed by atoms with van der Waals surface area (Å²) in [6, 6.07) is 10.4. The average Bonchev–Trinajstić information content (AvgIpc) is 3.14. The molecule has 3 nitrogen and oxygen atoms in total. The zero-order chi connectivity index (χ0) is 13.2. The Bertz CT molecular complexity index is 549. The second-order valence-electron chi connectivity index (χ2n) is 4.89. The average molecular weight is 277 g/mol. The fourth-order valence-corrected chi connectivity index (χ4v) is 2.70. The third kappa shape index (κ3) is 2.62. The van der Waals surface area contributed by atoms with Crippen LogP contribution >= 0.6 is 11.6 Å². The fraction of sp³-hybridized carbons (Fsp3) is 0.333. The minimum atomic E-state index is 0.497. The molecule has 3 rings (SSSR count). The first-order valence-corrected chi connectivity index (χ1v) is 6.94. The van der Waals surface area contributed by atoms with Crippen molar-refractivity contribution in [3.05, 3.63) is 52.9 Å². The van der Waals surface area contributed by atoms with Crippen LogP contribution in [0, 0.1) is 0 Å². The van der Waals surface area contributed by atoms with Crippen LogP contribution in [0.2, 0.25) is 5.02 Å². The lowest BCUT2D eigenvalue weighted by molar-refractivity contribution is 0.501. The molecule has 0 unspecified atom stereocenters. The molecule has 100 valence electrons. The van der Waals surface area contributed by atoms with E-state index in [1.807, 2.05) is 30.3 Å². The van der Waals surface area contributed by atoms with E-state index in [0.29, 0.717) is 12.6 Å². The number of nitrogens with two attached hydrogens (primary N) is 1. The summed E-state index contributed by atoms with van der Waals surface area (Å²) in [5.41, 5.74) is 7.99. The van der Waals surface area contributed by atoms with E-state index in [2.05, 4.69) is 4.90 Å². The molecular formula is C15H17ClN2O. The standard InChI is InChI=1S/C15H17ClN2O/c16-14-5-1-3-11(9-17)15(14)18(12-6-7-12)10-13-4-2-8-19-13/h1-5,8,12H,6-7,9-10,17H2. The molecule has 0 atom stereocenters. The number of nitrogens with zero attached hydrogens (tertiary/aromatic N) is 1. The van der Waals surface area contributed by atoms with Crippen molar-refractivity contribution in [2.24, 2.45) is 5.73 Å². The molecule has 0 aliphatic heterocycles. The maximum Gasteiger partial charge on any atom is 0.123 e. The summed E-state index contributed by atoms with van der Waals surface area (Å²) >= 11 is 6.39. The van der Waals surface area contributed by atoms with E-state index in [0.717, 1.165) is 28.6 Å². The highest BCUT2D eigenvalue weighted by molar-refractivity contribution is 6.33. The second-order valence-corrected chi connectivity index (χ2v) is 5.30. The first-order valence-electron chi connectivity index (χ1n) is 6.56. The van der Waals surface area contributed by atoms with Gasteiger partial charge in [0.05, 0.1) is 23.5 Å². The molecule has 19 heavy (non-hydrogen) atoms. The van der Waals surface area contributed by atoms with Crippen LogP contribution in [0.25, 0.3) is 0 Å². The lowest BCUT2D eigenvalue weighted by atomic mass is 10.1. The molecule has 1 heterocycles. The molecule has 2 aromatic rings. The number of hydrogen-bond donors (Lipinski definition) is 1. The van der Waals surface area contributed by atoms with E-state index in [4.69, 9.17) is 21.8 Å². The van der Waals surface area contributed by atoms with Crippen molar-refractivity contribution in [1.29, 1.82) is 0 Å². The molecule has 0 bridgehead atoms. The molecular weight excluding hydrogens is 260 g/mol. The Morgan fingerprint density at radius 1 is 1.26 bits per heavy atom. The quantitative estimate of drug-likeness (QED) is 0.908. The molecule has 0 spiro atoms.